The molecule has 3 rings (SSSR count). The summed E-state index contributed by atoms with van der Waals surface area (Å²) in [7, 11) is 0. The van der Waals surface area contributed by atoms with Crippen LogP contribution in [0, 0.1) is 0 Å². The number of anilines is 1. The van der Waals surface area contributed by atoms with Gasteiger partial charge in [0, 0.05) is 31.9 Å². The summed E-state index contributed by atoms with van der Waals surface area (Å²) in [5.74, 6) is 1.07. The first-order chi connectivity index (χ1) is 9.81. The lowest BCUT2D eigenvalue weighted by atomic mass is 10.2. The zero-order valence-corrected chi connectivity index (χ0v) is 12.3. The summed E-state index contributed by atoms with van der Waals surface area (Å²) in [4.78, 5) is 6.92. The Balaban J connectivity index is 1.53. The molecule has 0 aromatic carbocycles. The van der Waals surface area contributed by atoms with Crippen molar-refractivity contribution in [2.24, 2.45) is 0 Å². The molecule has 4 heteroatoms. The van der Waals surface area contributed by atoms with Crippen molar-refractivity contribution in [1.29, 1.82) is 0 Å². The van der Waals surface area contributed by atoms with E-state index in [-0.39, 0.29) is 0 Å². The SMILES string of the molecule is CC1CN(c2ccc(CNC3CCCC3)cn2)CCO1. The molecular formula is C16H25N3O. The summed E-state index contributed by atoms with van der Waals surface area (Å²) in [5.41, 5.74) is 1.28. The van der Waals surface area contributed by atoms with Gasteiger partial charge in [-0.3, -0.25) is 0 Å². The summed E-state index contributed by atoms with van der Waals surface area (Å²) < 4.78 is 5.57. The van der Waals surface area contributed by atoms with E-state index in [1.807, 2.05) is 6.20 Å². The number of hydrogen-bond donors (Lipinski definition) is 1. The number of nitrogens with one attached hydrogen (secondary N) is 1. The van der Waals surface area contributed by atoms with Crippen LogP contribution in [0.1, 0.15) is 38.2 Å². The molecule has 0 spiro atoms. The highest BCUT2D eigenvalue weighted by molar-refractivity contribution is 5.39. The van der Waals surface area contributed by atoms with Crippen LogP contribution in [0.4, 0.5) is 5.82 Å². The Morgan fingerprint density at radius 1 is 1.35 bits per heavy atom. The summed E-state index contributed by atoms with van der Waals surface area (Å²) in [5, 5.41) is 3.63. The lowest BCUT2D eigenvalue weighted by molar-refractivity contribution is 0.0529. The molecule has 1 saturated heterocycles. The van der Waals surface area contributed by atoms with E-state index in [2.05, 4.69) is 34.3 Å². The first-order valence-corrected chi connectivity index (χ1v) is 7.86. The number of morpholine rings is 1. The summed E-state index contributed by atoms with van der Waals surface area (Å²) >= 11 is 0. The monoisotopic (exact) mass is 275 g/mol. The largest absolute Gasteiger partial charge is 0.375 e. The van der Waals surface area contributed by atoms with Crippen LogP contribution in [0.25, 0.3) is 0 Å². The zero-order chi connectivity index (χ0) is 13.8. The van der Waals surface area contributed by atoms with Gasteiger partial charge in [0.2, 0.25) is 0 Å². The van der Waals surface area contributed by atoms with E-state index in [1.165, 1.54) is 31.2 Å². The van der Waals surface area contributed by atoms with Crippen molar-refractivity contribution in [3.8, 4) is 0 Å². The number of nitrogens with zero attached hydrogens (tertiary/aromatic N) is 2. The molecule has 1 saturated carbocycles. The van der Waals surface area contributed by atoms with Gasteiger partial charge >= 0.3 is 0 Å². The Bertz CT molecular complexity index is 414. The van der Waals surface area contributed by atoms with E-state index in [9.17, 15) is 0 Å². The molecule has 2 aliphatic rings. The Morgan fingerprint density at radius 2 is 2.20 bits per heavy atom. The molecule has 4 nitrogen and oxygen atoms in total. The van der Waals surface area contributed by atoms with Crippen LogP contribution in [-0.2, 0) is 11.3 Å². The van der Waals surface area contributed by atoms with Crippen molar-refractivity contribution >= 4 is 5.82 Å². The number of ether oxygens (including phenoxy) is 1. The first kappa shape index (κ1) is 13.8. The van der Waals surface area contributed by atoms with Gasteiger partial charge < -0.3 is 15.0 Å². The predicted octanol–water partition coefficient (Wildman–Crippen LogP) is 2.34. The minimum atomic E-state index is 0.300. The van der Waals surface area contributed by atoms with E-state index >= 15 is 0 Å². The maximum Gasteiger partial charge on any atom is 0.128 e. The number of rotatable bonds is 4. The molecule has 1 unspecified atom stereocenters. The second-order valence-electron chi connectivity index (χ2n) is 6.01. The molecule has 20 heavy (non-hydrogen) atoms. The van der Waals surface area contributed by atoms with E-state index in [0.717, 1.165) is 38.1 Å². The number of hydrogen-bond acceptors (Lipinski definition) is 4. The highest BCUT2D eigenvalue weighted by atomic mass is 16.5. The van der Waals surface area contributed by atoms with Gasteiger partial charge in [-0.25, -0.2) is 4.98 Å². The Hall–Kier alpha value is -1.13. The highest BCUT2D eigenvalue weighted by Crippen LogP contribution is 2.19. The summed E-state index contributed by atoms with van der Waals surface area (Å²) in [6.07, 6.45) is 7.73. The van der Waals surface area contributed by atoms with Gasteiger partial charge in [0.25, 0.3) is 0 Å². The molecule has 1 aromatic rings. The molecule has 1 N–H and O–H groups in total. The molecule has 110 valence electrons. The van der Waals surface area contributed by atoms with Gasteiger partial charge in [-0.15, -0.1) is 0 Å². The van der Waals surface area contributed by atoms with E-state index < -0.39 is 0 Å². The van der Waals surface area contributed by atoms with Crippen molar-refractivity contribution < 1.29 is 4.74 Å². The summed E-state index contributed by atoms with van der Waals surface area (Å²) in [6.45, 7) is 5.74. The van der Waals surface area contributed by atoms with Gasteiger partial charge in [-0.1, -0.05) is 18.9 Å². The van der Waals surface area contributed by atoms with E-state index in [4.69, 9.17) is 4.74 Å². The standard InChI is InChI=1S/C16H25N3O/c1-13-12-19(8-9-20-13)16-7-6-14(11-18-16)10-17-15-4-2-3-5-15/h6-7,11,13,15,17H,2-5,8-10,12H2,1H3. The van der Waals surface area contributed by atoms with Gasteiger partial charge in [0.1, 0.15) is 5.82 Å². The minimum absolute atomic E-state index is 0.300. The third-order valence-corrected chi connectivity index (χ3v) is 4.32. The minimum Gasteiger partial charge on any atom is -0.375 e. The molecule has 0 radical (unpaired) electrons. The topological polar surface area (TPSA) is 37.4 Å². The lowest BCUT2D eigenvalue weighted by Crippen LogP contribution is -2.41. The molecule has 1 aliphatic carbocycles. The van der Waals surface area contributed by atoms with Crippen LogP contribution < -0.4 is 10.2 Å². The molecule has 1 atom stereocenters. The molecule has 2 heterocycles. The van der Waals surface area contributed by atoms with Gasteiger partial charge in [-0.2, -0.15) is 0 Å². The van der Waals surface area contributed by atoms with Crippen LogP contribution >= 0.6 is 0 Å². The zero-order valence-electron chi connectivity index (χ0n) is 12.3. The summed E-state index contributed by atoms with van der Waals surface area (Å²) in [6, 6.07) is 5.06. The second-order valence-corrected chi connectivity index (χ2v) is 6.01. The van der Waals surface area contributed by atoms with Gasteiger partial charge in [-0.05, 0) is 31.4 Å². The van der Waals surface area contributed by atoms with Gasteiger partial charge in [0.05, 0.1) is 12.7 Å². The van der Waals surface area contributed by atoms with Crippen LogP contribution in [0.15, 0.2) is 18.3 Å². The van der Waals surface area contributed by atoms with Crippen molar-refractivity contribution in [1.82, 2.24) is 10.3 Å². The van der Waals surface area contributed by atoms with Crippen molar-refractivity contribution in [3.63, 3.8) is 0 Å². The van der Waals surface area contributed by atoms with Crippen molar-refractivity contribution in [2.75, 3.05) is 24.6 Å². The number of aromatic nitrogens is 1. The van der Waals surface area contributed by atoms with Crippen LogP contribution in [0.2, 0.25) is 0 Å². The quantitative estimate of drug-likeness (QED) is 0.915. The second kappa shape index (κ2) is 6.55. The van der Waals surface area contributed by atoms with E-state index in [0.29, 0.717) is 6.10 Å². The maximum absolute atomic E-state index is 5.57. The fourth-order valence-electron chi connectivity index (χ4n) is 3.13. The molecule has 1 aromatic heterocycles. The van der Waals surface area contributed by atoms with Crippen LogP contribution in [0.3, 0.4) is 0 Å². The average molecular weight is 275 g/mol. The van der Waals surface area contributed by atoms with E-state index in [1.54, 1.807) is 0 Å². The van der Waals surface area contributed by atoms with Crippen LogP contribution in [0.5, 0.6) is 0 Å². The molecule has 0 bridgehead atoms. The molecule has 0 amide bonds. The predicted molar refractivity (Wildman–Crippen MR) is 81.0 cm³/mol. The van der Waals surface area contributed by atoms with Crippen molar-refractivity contribution in [3.05, 3.63) is 23.9 Å². The van der Waals surface area contributed by atoms with Crippen LogP contribution in [-0.4, -0.2) is 36.8 Å². The molecule has 1 aliphatic heterocycles. The third-order valence-electron chi connectivity index (χ3n) is 4.32. The fraction of sp³-hybridized carbons (Fsp3) is 0.688. The van der Waals surface area contributed by atoms with Gasteiger partial charge in [0.15, 0.2) is 0 Å². The lowest BCUT2D eigenvalue weighted by Gasteiger charge is -2.32. The molecule has 2 fully saturated rings. The Labute approximate surface area is 121 Å². The average Bonchev–Trinajstić information content (AvgIpc) is 2.99. The maximum atomic E-state index is 5.57. The normalized spacial score (nSPS) is 24.2. The third kappa shape index (κ3) is 3.49. The first-order valence-electron chi connectivity index (χ1n) is 7.86. The molecular weight excluding hydrogens is 250 g/mol. The Kier molecular flexibility index (Phi) is 4.53. The highest BCUT2D eigenvalue weighted by Gasteiger charge is 2.18. The van der Waals surface area contributed by atoms with Crippen molar-refractivity contribution in [2.45, 2.75) is 51.3 Å². The Morgan fingerprint density at radius 3 is 2.90 bits per heavy atom. The number of pyridine rings is 1. The smallest absolute Gasteiger partial charge is 0.128 e. The fourth-order valence-corrected chi connectivity index (χ4v) is 3.13.